The Morgan fingerprint density at radius 1 is 1.23 bits per heavy atom. The summed E-state index contributed by atoms with van der Waals surface area (Å²) in [5.41, 5.74) is 3.88. The number of β-amino-alcohol motifs (C(OH)–C–C–N with tert-alkyl or cyclic N) is 1. The molecule has 0 spiro atoms. The first-order valence-electron chi connectivity index (χ1n) is 7.59. The predicted octanol–water partition coefficient (Wildman–Crippen LogP) is 2.30. The highest BCUT2D eigenvalue weighted by Crippen LogP contribution is 2.19. The van der Waals surface area contributed by atoms with E-state index in [1.54, 1.807) is 0 Å². The van der Waals surface area contributed by atoms with Crippen molar-refractivity contribution < 1.29 is 5.11 Å². The van der Waals surface area contributed by atoms with Crippen LogP contribution in [0, 0.1) is 6.92 Å². The number of aliphatic hydroxyl groups excluding tert-OH is 1. The van der Waals surface area contributed by atoms with Crippen LogP contribution in [-0.4, -0.2) is 44.9 Å². The van der Waals surface area contributed by atoms with E-state index < -0.39 is 0 Å². The van der Waals surface area contributed by atoms with Gasteiger partial charge in [-0.25, -0.2) is 9.97 Å². The van der Waals surface area contributed by atoms with Gasteiger partial charge >= 0.3 is 0 Å². The third-order valence-corrected chi connectivity index (χ3v) is 4.86. The Balaban J connectivity index is 1.48. The van der Waals surface area contributed by atoms with Gasteiger partial charge in [0, 0.05) is 37.8 Å². The Hall–Kier alpha value is -1.43. The molecule has 1 aliphatic heterocycles. The van der Waals surface area contributed by atoms with E-state index in [4.69, 9.17) is 0 Å². The van der Waals surface area contributed by atoms with Gasteiger partial charge in [-0.1, -0.05) is 36.0 Å². The Kier molecular flexibility index (Phi) is 5.08. The Morgan fingerprint density at radius 2 is 1.95 bits per heavy atom. The van der Waals surface area contributed by atoms with Gasteiger partial charge in [-0.05, 0) is 30.0 Å². The SMILES string of the molecule is Cc1cnc(SCC(O)CN2CCc3ccccc3C2)nc1. The van der Waals surface area contributed by atoms with Crippen LogP contribution in [-0.2, 0) is 13.0 Å². The largest absolute Gasteiger partial charge is 0.391 e. The minimum atomic E-state index is -0.361. The van der Waals surface area contributed by atoms with Crippen LogP contribution in [0.15, 0.2) is 41.8 Å². The van der Waals surface area contributed by atoms with E-state index in [0.717, 1.165) is 30.2 Å². The molecule has 0 amide bonds. The van der Waals surface area contributed by atoms with Gasteiger partial charge in [0.1, 0.15) is 0 Å². The van der Waals surface area contributed by atoms with Gasteiger partial charge in [0.15, 0.2) is 5.16 Å². The van der Waals surface area contributed by atoms with Crippen LogP contribution in [0.1, 0.15) is 16.7 Å². The number of thioether (sulfide) groups is 1. The first-order chi connectivity index (χ1) is 10.7. The lowest BCUT2D eigenvalue weighted by Crippen LogP contribution is -2.37. The zero-order valence-corrected chi connectivity index (χ0v) is 13.6. The second kappa shape index (κ2) is 7.22. The first kappa shape index (κ1) is 15.5. The number of aromatic nitrogens is 2. The van der Waals surface area contributed by atoms with Crippen molar-refractivity contribution in [1.82, 2.24) is 14.9 Å². The van der Waals surface area contributed by atoms with Crippen LogP contribution >= 0.6 is 11.8 Å². The summed E-state index contributed by atoms with van der Waals surface area (Å²) in [4.78, 5) is 10.8. The second-order valence-corrected chi connectivity index (χ2v) is 6.75. The van der Waals surface area contributed by atoms with Crippen molar-refractivity contribution in [2.24, 2.45) is 0 Å². The van der Waals surface area contributed by atoms with Crippen LogP contribution in [0.2, 0.25) is 0 Å². The number of benzene rings is 1. The minimum absolute atomic E-state index is 0.361. The number of nitrogens with zero attached hydrogens (tertiary/aromatic N) is 3. The van der Waals surface area contributed by atoms with Gasteiger partial charge in [0.05, 0.1) is 6.10 Å². The molecule has 0 bridgehead atoms. The maximum atomic E-state index is 10.2. The van der Waals surface area contributed by atoms with E-state index in [2.05, 4.69) is 39.1 Å². The molecule has 0 fully saturated rings. The van der Waals surface area contributed by atoms with E-state index in [0.29, 0.717) is 12.3 Å². The van der Waals surface area contributed by atoms with Gasteiger partial charge in [0.25, 0.3) is 0 Å². The van der Waals surface area contributed by atoms with Crippen molar-refractivity contribution in [2.45, 2.75) is 31.1 Å². The van der Waals surface area contributed by atoms with E-state index in [-0.39, 0.29) is 6.10 Å². The number of aryl methyl sites for hydroxylation is 1. The molecule has 2 aromatic rings. The van der Waals surface area contributed by atoms with E-state index >= 15 is 0 Å². The quantitative estimate of drug-likeness (QED) is 0.678. The van der Waals surface area contributed by atoms with Gasteiger partial charge in [-0.2, -0.15) is 0 Å². The molecule has 1 aliphatic rings. The number of fused-ring (bicyclic) bond motifs is 1. The van der Waals surface area contributed by atoms with Crippen LogP contribution in [0.5, 0.6) is 0 Å². The molecule has 5 heteroatoms. The Bertz CT molecular complexity index is 618. The summed E-state index contributed by atoms with van der Waals surface area (Å²) in [5, 5.41) is 11.0. The smallest absolute Gasteiger partial charge is 0.187 e. The lowest BCUT2D eigenvalue weighted by atomic mass is 10.00. The summed E-state index contributed by atoms with van der Waals surface area (Å²) in [7, 11) is 0. The molecule has 2 heterocycles. The van der Waals surface area contributed by atoms with Crippen molar-refractivity contribution >= 4 is 11.8 Å². The number of hydrogen-bond donors (Lipinski definition) is 1. The third-order valence-electron chi connectivity index (χ3n) is 3.84. The van der Waals surface area contributed by atoms with Crippen molar-refractivity contribution in [3.8, 4) is 0 Å². The molecule has 0 radical (unpaired) electrons. The van der Waals surface area contributed by atoms with Gasteiger partial charge in [-0.15, -0.1) is 0 Å². The fraction of sp³-hybridized carbons (Fsp3) is 0.412. The zero-order chi connectivity index (χ0) is 15.4. The topological polar surface area (TPSA) is 49.3 Å². The standard InChI is InChI=1S/C17H21N3OS/c1-13-8-18-17(19-9-13)22-12-16(21)11-20-7-6-14-4-2-3-5-15(14)10-20/h2-5,8-9,16,21H,6-7,10-12H2,1H3. The second-order valence-electron chi connectivity index (χ2n) is 5.76. The predicted molar refractivity (Wildman–Crippen MR) is 88.9 cm³/mol. The Morgan fingerprint density at radius 3 is 2.73 bits per heavy atom. The number of rotatable bonds is 5. The van der Waals surface area contributed by atoms with Crippen LogP contribution in [0.3, 0.4) is 0 Å². The number of hydrogen-bond acceptors (Lipinski definition) is 5. The van der Waals surface area contributed by atoms with Crippen LogP contribution in [0.25, 0.3) is 0 Å². The van der Waals surface area contributed by atoms with Gasteiger partial charge in [-0.3, -0.25) is 4.90 Å². The molecule has 1 aromatic carbocycles. The average molecular weight is 315 g/mol. The molecule has 0 saturated carbocycles. The van der Waals surface area contributed by atoms with Crippen molar-refractivity contribution in [1.29, 1.82) is 0 Å². The molecule has 1 N–H and O–H groups in total. The zero-order valence-electron chi connectivity index (χ0n) is 12.8. The summed E-state index contributed by atoms with van der Waals surface area (Å²) < 4.78 is 0. The maximum Gasteiger partial charge on any atom is 0.187 e. The highest BCUT2D eigenvalue weighted by Gasteiger charge is 2.18. The molecule has 1 unspecified atom stereocenters. The summed E-state index contributed by atoms with van der Waals surface area (Å²) in [5.74, 6) is 0.626. The normalized spacial score (nSPS) is 16.3. The van der Waals surface area contributed by atoms with Crippen molar-refractivity contribution in [3.05, 3.63) is 53.3 Å². The molecule has 0 aliphatic carbocycles. The minimum Gasteiger partial charge on any atom is -0.391 e. The monoisotopic (exact) mass is 315 g/mol. The van der Waals surface area contributed by atoms with Gasteiger partial charge in [0.2, 0.25) is 0 Å². The van der Waals surface area contributed by atoms with E-state index in [1.165, 1.54) is 22.9 Å². The molecule has 0 saturated heterocycles. The lowest BCUT2D eigenvalue weighted by molar-refractivity contribution is 0.122. The van der Waals surface area contributed by atoms with E-state index in [9.17, 15) is 5.11 Å². The molecule has 1 atom stereocenters. The summed E-state index contributed by atoms with van der Waals surface area (Å²) in [6.07, 6.45) is 4.32. The van der Waals surface area contributed by atoms with Crippen LogP contribution < -0.4 is 0 Å². The van der Waals surface area contributed by atoms with Crippen molar-refractivity contribution in [2.75, 3.05) is 18.8 Å². The molecule has 4 nitrogen and oxygen atoms in total. The molecule has 22 heavy (non-hydrogen) atoms. The molecular weight excluding hydrogens is 294 g/mol. The highest BCUT2D eigenvalue weighted by molar-refractivity contribution is 7.99. The average Bonchev–Trinajstić information content (AvgIpc) is 2.54. The van der Waals surface area contributed by atoms with E-state index in [1.807, 2.05) is 19.3 Å². The highest BCUT2D eigenvalue weighted by atomic mass is 32.2. The first-order valence-corrected chi connectivity index (χ1v) is 8.58. The molecule has 3 rings (SSSR count). The number of aliphatic hydroxyl groups is 1. The maximum absolute atomic E-state index is 10.2. The van der Waals surface area contributed by atoms with Crippen molar-refractivity contribution in [3.63, 3.8) is 0 Å². The summed E-state index contributed by atoms with van der Waals surface area (Å²) in [6.45, 7) is 4.61. The fourth-order valence-corrected chi connectivity index (χ4v) is 3.39. The lowest BCUT2D eigenvalue weighted by Gasteiger charge is -2.30. The van der Waals surface area contributed by atoms with Crippen LogP contribution in [0.4, 0.5) is 0 Å². The fourth-order valence-electron chi connectivity index (χ4n) is 2.69. The summed E-state index contributed by atoms with van der Waals surface area (Å²) in [6, 6.07) is 8.57. The van der Waals surface area contributed by atoms with Gasteiger partial charge < -0.3 is 5.11 Å². The molecule has 1 aromatic heterocycles. The molecular formula is C17H21N3OS. The summed E-state index contributed by atoms with van der Waals surface area (Å²) >= 11 is 1.51. The third kappa shape index (κ3) is 4.06. The Labute approximate surface area is 135 Å². The molecule has 116 valence electrons.